The number of aromatic nitrogens is 2. The van der Waals surface area contributed by atoms with Gasteiger partial charge >= 0.3 is 0 Å². The Hall–Kier alpha value is -6.71. The summed E-state index contributed by atoms with van der Waals surface area (Å²) in [6, 6.07) is 26.2. The van der Waals surface area contributed by atoms with Crippen molar-refractivity contribution in [3.05, 3.63) is 141 Å². The van der Waals surface area contributed by atoms with E-state index in [2.05, 4.69) is 72.7 Å². The summed E-state index contributed by atoms with van der Waals surface area (Å²) in [5, 5.41) is 16.3. The van der Waals surface area contributed by atoms with E-state index < -0.39 is 49.2 Å². The number of anilines is 4. The number of amides is 1. The topological polar surface area (TPSA) is 188 Å². The Kier molecular flexibility index (Phi) is 14.6. The molecule has 1 aliphatic carbocycles. The van der Waals surface area contributed by atoms with E-state index in [1.54, 1.807) is 18.3 Å². The van der Waals surface area contributed by atoms with Gasteiger partial charge in [0.15, 0.2) is 11.6 Å². The maximum Gasteiger partial charge on any atom is 0.293 e. The number of ether oxygens (including phenoxy) is 3. The largest absolute Gasteiger partial charge is 0.468 e. The Bertz CT molecular complexity index is 3380. The molecule has 0 unspecified atom stereocenters. The minimum absolute atomic E-state index is 0.0951. The standard InChI is InChI=1S/C59H67F2N9O8S/c1-37(2)44-5-3-4-6-45(44)54-35-66(34-39-7-11-47(60)48(61)27-39)22-23-68(54)42-31-59(32-42)17-20-67(21-18-59)41-8-10-46(51(29-41)69-50-16-26-77-36-55(50)78-58-53(69)28-40-13-19-62-56(40)64-58)57(71)65-79(74,75)43-9-12-49(52(30-43)70(72)73)63-33-38-14-24-76-25-15-38/h3-13,19,27-30,37-38,42,50,54-55,63H,14-18,20-26,31-36H2,1-2H3,(H,62,64)(H,65,71)/t50-,54-,55-/m0/s1. The van der Waals surface area contributed by atoms with Crippen molar-refractivity contribution in [3.63, 3.8) is 0 Å². The number of fused-ring (bicyclic) bond motifs is 3. The van der Waals surface area contributed by atoms with Gasteiger partial charge in [-0.2, -0.15) is 4.98 Å². The van der Waals surface area contributed by atoms with Crippen LogP contribution >= 0.6 is 0 Å². The average Bonchev–Trinajstić information content (AvgIpc) is 4.12. The highest BCUT2D eigenvalue weighted by Gasteiger charge is 2.50. The smallest absolute Gasteiger partial charge is 0.293 e. The van der Waals surface area contributed by atoms with Crippen LogP contribution in [0.5, 0.6) is 5.88 Å². The molecule has 79 heavy (non-hydrogen) atoms. The summed E-state index contributed by atoms with van der Waals surface area (Å²) in [7, 11) is -4.63. The third-order valence-corrected chi connectivity index (χ3v) is 18.9. The van der Waals surface area contributed by atoms with Crippen molar-refractivity contribution in [2.45, 2.75) is 100 Å². The van der Waals surface area contributed by atoms with Crippen LogP contribution in [-0.2, 0) is 26.0 Å². The molecule has 1 spiro atoms. The molecule has 4 aromatic carbocycles. The molecule has 7 heterocycles. The minimum atomic E-state index is -4.63. The lowest BCUT2D eigenvalue weighted by molar-refractivity contribution is -0.384. The Labute approximate surface area is 458 Å². The van der Waals surface area contributed by atoms with Crippen LogP contribution in [0.3, 0.4) is 0 Å². The molecule has 2 aromatic heterocycles. The van der Waals surface area contributed by atoms with Crippen molar-refractivity contribution < 1.29 is 41.1 Å². The molecule has 5 aliphatic heterocycles. The number of sulfonamides is 1. The number of nitro benzene ring substituents is 1. The number of benzene rings is 4. The number of hydrogen-bond acceptors (Lipinski definition) is 14. The van der Waals surface area contributed by atoms with Crippen LogP contribution in [0.2, 0.25) is 0 Å². The molecule has 6 aromatic rings. The van der Waals surface area contributed by atoms with Crippen LogP contribution in [0, 0.1) is 33.1 Å². The first-order valence-corrected chi connectivity index (χ1v) is 29.3. The number of rotatable bonds is 14. The molecule has 6 aliphatic rings. The second-order valence-electron chi connectivity index (χ2n) is 22.8. The molecular formula is C59H67F2N9O8S. The fourth-order valence-electron chi connectivity index (χ4n) is 13.2. The number of carbonyl (C=O) groups excluding carboxylic acids is 1. The molecule has 0 bridgehead atoms. The fraction of sp³-hybridized carbons (Fsp3) is 0.458. The highest BCUT2D eigenvalue weighted by Crippen LogP contribution is 2.54. The Morgan fingerprint density at radius 1 is 0.899 bits per heavy atom. The molecule has 3 atom stereocenters. The summed E-state index contributed by atoms with van der Waals surface area (Å²) in [6.45, 7) is 11.4. The Morgan fingerprint density at radius 2 is 1.70 bits per heavy atom. The molecule has 1 amide bonds. The molecule has 17 nitrogen and oxygen atoms in total. The lowest BCUT2D eigenvalue weighted by Crippen LogP contribution is -2.60. The van der Waals surface area contributed by atoms with Gasteiger partial charge in [-0.15, -0.1) is 0 Å². The van der Waals surface area contributed by atoms with Crippen LogP contribution < -0.4 is 24.6 Å². The molecule has 5 fully saturated rings. The number of piperidine rings is 1. The van der Waals surface area contributed by atoms with Crippen LogP contribution in [0.4, 0.5) is 37.2 Å². The van der Waals surface area contributed by atoms with E-state index in [-0.39, 0.29) is 41.3 Å². The van der Waals surface area contributed by atoms with E-state index >= 15 is 0 Å². The van der Waals surface area contributed by atoms with E-state index in [0.29, 0.717) is 74.2 Å². The summed E-state index contributed by atoms with van der Waals surface area (Å²) in [4.78, 5) is 43.6. The number of carbonyl (C=O) groups is 1. The predicted octanol–water partition coefficient (Wildman–Crippen LogP) is 9.83. The van der Waals surface area contributed by atoms with Gasteiger partial charge in [-0.05, 0) is 133 Å². The number of nitrogens with zero attached hydrogens (tertiary/aromatic N) is 6. The first kappa shape index (κ1) is 53.0. The summed E-state index contributed by atoms with van der Waals surface area (Å²) in [6.07, 6.45) is 7.59. The maximum atomic E-state index is 14.8. The van der Waals surface area contributed by atoms with Crippen molar-refractivity contribution in [1.29, 1.82) is 0 Å². The van der Waals surface area contributed by atoms with Gasteiger partial charge in [0, 0.05) is 101 Å². The predicted molar refractivity (Wildman–Crippen MR) is 297 cm³/mol. The first-order chi connectivity index (χ1) is 38.2. The fourth-order valence-corrected chi connectivity index (χ4v) is 14.2. The molecule has 12 rings (SSSR count). The monoisotopic (exact) mass is 1100 g/mol. The van der Waals surface area contributed by atoms with Crippen molar-refractivity contribution in [2.75, 3.05) is 80.8 Å². The second-order valence-corrected chi connectivity index (χ2v) is 24.4. The number of nitrogens with one attached hydrogen (secondary N) is 3. The van der Waals surface area contributed by atoms with E-state index in [1.165, 1.54) is 35.4 Å². The van der Waals surface area contributed by atoms with Gasteiger partial charge in [-0.3, -0.25) is 24.7 Å². The van der Waals surface area contributed by atoms with Gasteiger partial charge in [-0.25, -0.2) is 21.9 Å². The molecular weight excluding hydrogens is 1030 g/mol. The quantitative estimate of drug-likeness (QED) is 0.0691. The Balaban J connectivity index is 0.806. The number of halogens is 2. The van der Waals surface area contributed by atoms with Crippen LogP contribution in [-0.4, -0.2) is 123 Å². The number of H-pyrrole nitrogens is 1. The zero-order chi connectivity index (χ0) is 54.6. The summed E-state index contributed by atoms with van der Waals surface area (Å²) in [5.74, 6) is -1.62. The number of hydrogen-bond donors (Lipinski definition) is 3. The third-order valence-electron chi connectivity index (χ3n) is 17.6. The van der Waals surface area contributed by atoms with Crippen molar-refractivity contribution >= 4 is 55.4 Å². The molecule has 20 heteroatoms. The average molecular weight is 1100 g/mol. The van der Waals surface area contributed by atoms with E-state index in [0.717, 1.165) is 94.0 Å². The van der Waals surface area contributed by atoms with Crippen LogP contribution in [0.15, 0.2) is 102 Å². The molecule has 1 saturated carbocycles. The number of nitro groups is 1. The highest BCUT2D eigenvalue weighted by molar-refractivity contribution is 7.90. The highest BCUT2D eigenvalue weighted by atomic mass is 32.2. The van der Waals surface area contributed by atoms with Crippen LogP contribution in [0.1, 0.15) is 97.8 Å². The second kappa shape index (κ2) is 21.7. The van der Waals surface area contributed by atoms with Gasteiger partial charge in [-0.1, -0.05) is 44.2 Å². The zero-order valence-corrected chi connectivity index (χ0v) is 45.4. The summed E-state index contributed by atoms with van der Waals surface area (Å²) >= 11 is 0. The van der Waals surface area contributed by atoms with E-state index in [4.69, 9.17) is 19.2 Å². The number of pyridine rings is 1. The number of aromatic amines is 1. The first-order valence-electron chi connectivity index (χ1n) is 27.8. The van der Waals surface area contributed by atoms with E-state index in [1.807, 2.05) is 24.3 Å². The molecule has 4 saturated heterocycles. The van der Waals surface area contributed by atoms with Crippen molar-refractivity contribution in [2.24, 2.45) is 11.3 Å². The van der Waals surface area contributed by atoms with Gasteiger partial charge in [0.1, 0.15) is 23.1 Å². The lowest BCUT2D eigenvalue weighted by atomic mass is 9.59. The van der Waals surface area contributed by atoms with Gasteiger partial charge in [0.25, 0.3) is 21.6 Å². The van der Waals surface area contributed by atoms with Crippen LogP contribution in [0.25, 0.3) is 11.0 Å². The minimum Gasteiger partial charge on any atom is -0.468 e. The zero-order valence-electron chi connectivity index (χ0n) is 44.5. The van der Waals surface area contributed by atoms with Gasteiger partial charge in [0.05, 0.1) is 33.7 Å². The molecule has 0 radical (unpaired) electrons. The van der Waals surface area contributed by atoms with Gasteiger partial charge < -0.3 is 34.3 Å². The maximum absolute atomic E-state index is 14.8. The van der Waals surface area contributed by atoms with E-state index in [9.17, 15) is 32.1 Å². The molecule has 416 valence electrons. The van der Waals surface area contributed by atoms with Crippen molar-refractivity contribution in [3.8, 4) is 5.88 Å². The summed E-state index contributed by atoms with van der Waals surface area (Å²) < 4.78 is 76.8. The van der Waals surface area contributed by atoms with Crippen molar-refractivity contribution in [1.82, 2.24) is 24.5 Å². The normalized spacial score (nSPS) is 22.1. The summed E-state index contributed by atoms with van der Waals surface area (Å²) in [5.41, 5.74) is 6.05. The lowest BCUT2D eigenvalue weighted by Gasteiger charge is -2.58. The third kappa shape index (κ3) is 10.6. The number of piperazine rings is 1. The molecule has 3 N–H and O–H groups in total. The SMILES string of the molecule is CC(C)c1ccccc1[C@@H]1CN(Cc2ccc(F)c(F)c2)CCN1C1CC2(CCN(c3ccc(C(=O)NS(=O)(=O)c4ccc(NCC5CCOCC5)c([N+](=O)[O-])c4)c(N4c5cc6cc[nH]c6nc5O[C@H]5COCC[C@@H]54)c3)CC2)C1. The van der Waals surface area contributed by atoms with Gasteiger partial charge in [0.2, 0.25) is 5.88 Å². The Morgan fingerprint density at radius 3 is 2.48 bits per heavy atom.